The molecule has 82 valence electrons. The van der Waals surface area contributed by atoms with Crippen LogP contribution in [0.4, 0.5) is 0 Å². The molecule has 0 saturated heterocycles. The molecule has 14 heavy (non-hydrogen) atoms. The van der Waals surface area contributed by atoms with Crippen LogP contribution in [0.15, 0.2) is 0 Å². The molecule has 0 aromatic carbocycles. The summed E-state index contributed by atoms with van der Waals surface area (Å²) in [5.74, 6) is 1.73. The molecule has 0 radical (unpaired) electrons. The lowest BCUT2D eigenvalue weighted by Gasteiger charge is -2.38. The molecule has 1 fully saturated rings. The SMILES string of the molecule is CC1CC(C(=O)C(C)C)CC(C)(C)C1. The molecule has 2 atom stereocenters. The van der Waals surface area contributed by atoms with Gasteiger partial charge in [-0.1, -0.05) is 34.6 Å². The molecule has 1 nitrogen and oxygen atoms in total. The van der Waals surface area contributed by atoms with Gasteiger partial charge in [-0.25, -0.2) is 0 Å². The Morgan fingerprint density at radius 2 is 1.86 bits per heavy atom. The van der Waals surface area contributed by atoms with Crippen LogP contribution in [-0.2, 0) is 4.79 Å². The molecule has 0 aliphatic heterocycles. The number of rotatable bonds is 2. The highest BCUT2D eigenvalue weighted by Gasteiger charge is 2.35. The van der Waals surface area contributed by atoms with Gasteiger partial charge in [0.1, 0.15) is 5.78 Å². The second-order valence-electron chi connectivity index (χ2n) is 6.17. The van der Waals surface area contributed by atoms with Gasteiger partial charge in [0.2, 0.25) is 0 Å². The van der Waals surface area contributed by atoms with Crippen LogP contribution in [0.1, 0.15) is 53.9 Å². The van der Waals surface area contributed by atoms with Crippen molar-refractivity contribution in [3.8, 4) is 0 Å². The molecule has 0 aromatic rings. The van der Waals surface area contributed by atoms with Crippen LogP contribution >= 0.6 is 0 Å². The van der Waals surface area contributed by atoms with E-state index in [0.29, 0.717) is 23.0 Å². The van der Waals surface area contributed by atoms with Gasteiger partial charge in [-0.05, 0) is 30.6 Å². The second-order valence-corrected chi connectivity index (χ2v) is 6.17. The average Bonchev–Trinajstić information content (AvgIpc) is 1.98. The van der Waals surface area contributed by atoms with E-state index in [1.54, 1.807) is 0 Å². The lowest BCUT2D eigenvalue weighted by Crippen LogP contribution is -2.33. The van der Waals surface area contributed by atoms with Crippen molar-refractivity contribution < 1.29 is 4.79 Å². The third-order valence-corrected chi connectivity index (χ3v) is 3.36. The molecule has 0 bridgehead atoms. The van der Waals surface area contributed by atoms with Gasteiger partial charge in [0.15, 0.2) is 0 Å². The third-order valence-electron chi connectivity index (χ3n) is 3.36. The van der Waals surface area contributed by atoms with Gasteiger partial charge < -0.3 is 0 Å². The van der Waals surface area contributed by atoms with E-state index in [4.69, 9.17) is 0 Å². The number of carbonyl (C=O) groups excluding carboxylic acids is 1. The lowest BCUT2D eigenvalue weighted by molar-refractivity contribution is -0.128. The number of Topliss-reactive ketones (excluding diaryl/α,β-unsaturated/α-hetero) is 1. The van der Waals surface area contributed by atoms with E-state index in [1.807, 2.05) is 13.8 Å². The average molecular weight is 196 g/mol. The highest BCUT2D eigenvalue weighted by Crippen LogP contribution is 2.42. The number of ketones is 1. The highest BCUT2D eigenvalue weighted by atomic mass is 16.1. The molecular weight excluding hydrogens is 172 g/mol. The van der Waals surface area contributed by atoms with Crippen LogP contribution in [0.25, 0.3) is 0 Å². The normalized spacial score (nSPS) is 31.9. The maximum Gasteiger partial charge on any atom is 0.138 e. The summed E-state index contributed by atoms with van der Waals surface area (Å²) in [6.45, 7) is 10.9. The summed E-state index contributed by atoms with van der Waals surface area (Å²) in [6, 6.07) is 0. The topological polar surface area (TPSA) is 17.1 Å². The van der Waals surface area contributed by atoms with Gasteiger partial charge in [0, 0.05) is 11.8 Å². The van der Waals surface area contributed by atoms with Crippen LogP contribution in [0.5, 0.6) is 0 Å². The minimum absolute atomic E-state index is 0.209. The first-order valence-electron chi connectivity index (χ1n) is 5.85. The molecule has 0 amide bonds. The van der Waals surface area contributed by atoms with Crippen LogP contribution in [0.3, 0.4) is 0 Å². The number of carbonyl (C=O) groups is 1. The van der Waals surface area contributed by atoms with Crippen molar-refractivity contribution in [2.24, 2.45) is 23.2 Å². The third kappa shape index (κ3) is 2.83. The Morgan fingerprint density at radius 3 is 2.29 bits per heavy atom. The van der Waals surface area contributed by atoms with Crippen molar-refractivity contribution in [2.45, 2.75) is 53.9 Å². The minimum Gasteiger partial charge on any atom is -0.299 e. The minimum atomic E-state index is 0.209. The molecule has 0 spiro atoms. The van der Waals surface area contributed by atoms with Crippen molar-refractivity contribution in [2.75, 3.05) is 0 Å². The molecule has 1 rings (SSSR count). The lowest BCUT2D eigenvalue weighted by atomic mass is 9.66. The largest absolute Gasteiger partial charge is 0.299 e. The van der Waals surface area contributed by atoms with Gasteiger partial charge in [-0.2, -0.15) is 0 Å². The Hall–Kier alpha value is -0.330. The molecular formula is C13H24O. The second kappa shape index (κ2) is 4.04. The van der Waals surface area contributed by atoms with E-state index >= 15 is 0 Å². The molecule has 0 N–H and O–H groups in total. The van der Waals surface area contributed by atoms with Gasteiger partial charge in [-0.15, -0.1) is 0 Å². The number of hydrogen-bond acceptors (Lipinski definition) is 1. The molecule has 1 heteroatoms. The van der Waals surface area contributed by atoms with Crippen LogP contribution in [0, 0.1) is 23.2 Å². The van der Waals surface area contributed by atoms with Crippen molar-refractivity contribution in [3.63, 3.8) is 0 Å². The zero-order chi connectivity index (χ0) is 10.9. The van der Waals surface area contributed by atoms with Crippen LogP contribution in [-0.4, -0.2) is 5.78 Å². The molecule has 2 unspecified atom stereocenters. The summed E-state index contributed by atoms with van der Waals surface area (Å²) in [5.41, 5.74) is 0.368. The van der Waals surface area contributed by atoms with E-state index in [9.17, 15) is 4.79 Å². The molecule has 1 aliphatic rings. The number of hydrogen-bond donors (Lipinski definition) is 0. The first-order chi connectivity index (χ1) is 6.32. The zero-order valence-electron chi connectivity index (χ0n) is 10.3. The van der Waals surface area contributed by atoms with E-state index in [0.717, 1.165) is 12.8 Å². The van der Waals surface area contributed by atoms with Crippen molar-refractivity contribution in [1.29, 1.82) is 0 Å². The summed E-state index contributed by atoms with van der Waals surface area (Å²) < 4.78 is 0. The summed E-state index contributed by atoms with van der Waals surface area (Å²) >= 11 is 0. The standard InChI is InChI=1S/C13H24O/c1-9(2)12(14)11-6-10(3)7-13(4,5)8-11/h9-11H,6-8H2,1-5H3. The van der Waals surface area contributed by atoms with E-state index in [-0.39, 0.29) is 5.92 Å². The molecule has 1 saturated carbocycles. The monoisotopic (exact) mass is 196 g/mol. The Labute approximate surface area is 88.3 Å². The Morgan fingerprint density at radius 1 is 1.29 bits per heavy atom. The highest BCUT2D eigenvalue weighted by molar-refractivity contribution is 5.82. The fraction of sp³-hybridized carbons (Fsp3) is 0.923. The Balaban J connectivity index is 2.67. The van der Waals surface area contributed by atoms with Crippen LogP contribution in [0.2, 0.25) is 0 Å². The fourth-order valence-corrected chi connectivity index (χ4v) is 3.03. The van der Waals surface area contributed by atoms with Gasteiger partial charge >= 0.3 is 0 Å². The van der Waals surface area contributed by atoms with E-state index < -0.39 is 0 Å². The summed E-state index contributed by atoms with van der Waals surface area (Å²) in [4.78, 5) is 11.9. The maximum atomic E-state index is 11.9. The Bertz CT molecular complexity index is 215. The molecule has 1 aliphatic carbocycles. The van der Waals surface area contributed by atoms with Crippen LogP contribution < -0.4 is 0 Å². The van der Waals surface area contributed by atoms with Crippen molar-refractivity contribution in [3.05, 3.63) is 0 Å². The predicted octanol–water partition coefficient (Wildman–Crippen LogP) is 3.67. The quantitative estimate of drug-likeness (QED) is 0.658. The summed E-state index contributed by atoms with van der Waals surface area (Å²) in [5, 5.41) is 0. The smallest absolute Gasteiger partial charge is 0.138 e. The summed E-state index contributed by atoms with van der Waals surface area (Å²) in [7, 11) is 0. The fourth-order valence-electron chi connectivity index (χ4n) is 3.03. The zero-order valence-corrected chi connectivity index (χ0v) is 10.3. The summed E-state index contributed by atoms with van der Waals surface area (Å²) in [6.07, 6.45) is 3.48. The van der Waals surface area contributed by atoms with Gasteiger partial charge in [0.05, 0.1) is 0 Å². The van der Waals surface area contributed by atoms with Crippen molar-refractivity contribution in [1.82, 2.24) is 0 Å². The Kier molecular flexibility index (Phi) is 3.39. The molecule has 0 heterocycles. The van der Waals surface area contributed by atoms with E-state index in [2.05, 4.69) is 20.8 Å². The first kappa shape index (κ1) is 11.7. The first-order valence-corrected chi connectivity index (χ1v) is 5.85. The van der Waals surface area contributed by atoms with Gasteiger partial charge in [0.25, 0.3) is 0 Å². The van der Waals surface area contributed by atoms with E-state index in [1.165, 1.54) is 6.42 Å². The predicted molar refractivity (Wildman–Crippen MR) is 60.1 cm³/mol. The maximum absolute atomic E-state index is 11.9. The van der Waals surface area contributed by atoms with Gasteiger partial charge in [-0.3, -0.25) is 4.79 Å². The molecule has 0 aromatic heterocycles. The van der Waals surface area contributed by atoms with Crippen molar-refractivity contribution >= 4 is 5.78 Å².